The first-order chi connectivity index (χ1) is 6.86. The molecule has 1 aromatic rings. The Hall–Kier alpha value is -1.22. The zero-order valence-corrected chi connectivity index (χ0v) is 8.23. The Morgan fingerprint density at radius 2 is 1.86 bits per heavy atom. The van der Waals surface area contributed by atoms with Crippen LogP contribution in [0.25, 0.3) is 0 Å². The van der Waals surface area contributed by atoms with Crippen LogP contribution in [0.4, 0.5) is 0 Å². The molecule has 0 bridgehead atoms. The lowest BCUT2D eigenvalue weighted by Crippen LogP contribution is -2.04. The SMILES string of the molecule is [CH]COc1cccc(OCCOC)c1. The van der Waals surface area contributed by atoms with E-state index >= 15 is 0 Å². The quantitative estimate of drug-likeness (QED) is 0.646. The Morgan fingerprint density at radius 3 is 2.50 bits per heavy atom. The van der Waals surface area contributed by atoms with Crippen molar-refractivity contribution in [3.05, 3.63) is 31.2 Å². The van der Waals surface area contributed by atoms with E-state index < -0.39 is 0 Å². The van der Waals surface area contributed by atoms with Crippen molar-refractivity contribution >= 4 is 0 Å². The number of rotatable bonds is 6. The molecule has 0 amide bonds. The van der Waals surface area contributed by atoms with Crippen LogP contribution >= 0.6 is 0 Å². The van der Waals surface area contributed by atoms with E-state index in [1.807, 2.05) is 18.2 Å². The lowest BCUT2D eigenvalue weighted by atomic mass is 10.3. The monoisotopic (exact) mass is 194 g/mol. The molecular weight excluding hydrogens is 180 g/mol. The summed E-state index contributed by atoms with van der Waals surface area (Å²) in [6.45, 7) is 6.52. The predicted octanol–water partition coefficient (Wildman–Crippen LogP) is 1.80. The molecule has 0 atom stereocenters. The van der Waals surface area contributed by atoms with E-state index in [2.05, 4.69) is 0 Å². The van der Waals surface area contributed by atoms with Crippen molar-refractivity contribution in [1.29, 1.82) is 0 Å². The predicted molar refractivity (Wildman–Crippen MR) is 53.6 cm³/mol. The molecule has 1 rings (SSSR count). The third-order valence-corrected chi connectivity index (χ3v) is 1.61. The Bertz CT molecular complexity index is 260. The number of methoxy groups -OCH3 is 1. The molecule has 1 aromatic carbocycles. The van der Waals surface area contributed by atoms with Crippen molar-refractivity contribution in [1.82, 2.24) is 0 Å². The van der Waals surface area contributed by atoms with Gasteiger partial charge in [0.15, 0.2) is 0 Å². The van der Waals surface area contributed by atoms with Crippen molar-refractivity contribution in [2.75, 3.05) is 26.9 Å². The highest BCUT2D eigenvalue weighted by molar-refractivity contribution is 5.32. The fourth-order valence-corrected chi connectivity index (χ4v) is 0.993. The highest BCUT2D eigenvalue weighted by Crippen LogP contribution is 2.18. The van der Waals surface area contributed by atoms with Gasteiger partial charge in [0.2, 0.25) is 0 Å². The van der Waals surface area contributed by atoms with Gasteiger partial charge in [0.05, 0.1) is 13.2 Å². The van der Waals surface area contributed by atoms with Gasteiger partial charge in [0, 0.05) is 20.1 Å². The molecule has 0 N–H and O–H groups in total. The largest absolute Gasteiger partial charge is 0.493 e. The Labute approximate surface area is 84.6 Å². The Morgan fingerprint density at radius 1 is 1.14 bits per heavy atom. The summed E-state index contributed by atoms with van der Waals surface area (Å²) >= 11 is 0. The van der Waals surface area contributed by atoms with Gasteiger partial charge >= 0.3 is 0 Å². The zero-order chi connectivity index (χ0) is 10.2. The third-order valence-electron chi connectivity index (χ3n) is 1.61. The molecule has 0 aliphatic rings. The van der Waals surface area contributed by atoms with Crippen molar-refractivity contribution in [2.24, 2.45) is 0 Å². The normalized spacial score (nSPS) is 9.86. The van der Waals surface area contributed by atoms with Gasteiger partial charge in [-0.2, -0.15) is 0 Å². The molecule has 0 aromatic heterocycles. The molecule has 14 heavy (non-hydrogen) atoms. The number of ether oxygens (including phenoxy) is 3. The molecule has 0 unspecified atom stereocenters. The molecule has 3 nitrogen and oxygen atoms in total. The minimum Gasteiger partial charge on any atom is -0.493 e. The van der Waals surface area contributed by atoms with E-state index in [-0.39, 0.29) is 6.61 Å². The Balaban J connectivity index is 2.46. The summed E-state index contributed by atoms with van der Waals surface area (Å²) in [6.07, 6.45) is 0. The van der Waals surface area contributed by atoms with Crippen LogP contribution in [0.5, 0.6) is 11.5 Å². The van der Waals surface area contributed by atoms with E-state index in [1.165, 1.54) is 0 Å². The van der Waals surface area contributed by atoms with E-state index in [9.17, 15) is 0 Å². The molecule has 0 fully saturated rings. The summed E-state index contributed by atoms with van der Waals surface area (Å²) in [7, 11) is 1.64. The molecule has 0 aliphatic heterocycles. The van der Waals surface area contributed by atoms with Crippen molar-refractivity contribution in [3.8, 4) is 11.5 Å². The first-order valence-electron chi connectivity index (χ1n) is 4.41. The topological polar surface area (TPSA) is 27.7 Å². The first-order valence-corrected chi connectivity index (χ1v) is 4.41. The van der Waals surface area contributed by atoms with Crippen molar-refractivity contribution < 1.29 is 14.2 Å². The van der Waals surface area contributed by atoms with E-state index in [1.54, 1.807) is 13.2 Å². The van der Waals surface area contributed by atoms with Crippen LogP contribution in [-0.2, 0) is 4.74 Å². The minimum atomic E-state index is 0.168. The van der Waals surface area contributed by atoms with Crippen LogP contribution < -0.4 is 9.47 Å². The van der Waals surface area contributed by atoms with Crippen molar-refractivity contribution in [3.63, 3.8) is 0 Å². The maximum absolute atomic E-state index is 5.39. The van der Waals surface area contributed by atoms with Gasteiger partial charge in [0.25, 0.3) is 0 Å². The molecule has 0 heterocycles. The zero-order valence-electron chi connectivity index (χ0n) is 8.23. The van der Waals surface area contributed by atoms with Crippen LogP contribution in [0.1, 0.15) is 0 Å². The van der Waals surface area contributed by atoms with E-state index in [0.29, 0.717) is 19.0 Å². The first kappa shape index (κ1) is 10.9. The summed E-state index contributed by atoms with van der Waals surface area (Å²) in [5.41, 5.74) is 0. The molecule has 0 saturated heterocycles. The van der Waals surface area contributed by atoms with Gasteiger partial charge in [-0.3, -0.25) is 0 Å². The maximum atomic E-state index is 5.39. The molecule has 2 radical (unpaired) electrons. The third kappa shape index (κ3) is 3.66. The van der Waals surface area contributed by atoms with Gasteiger partial charge in [-0.05, 0) is 12.1 Å². The highest BCUT2D eigenvalue weighted by atomic mass is 16.5. The molecular formula is C11H14O3. The number of hydrogen-bond acceptors (Lipinski definition) is 3. The van der Waals surface area contributed by atoms with Crippen molar-refractivity contribution in [2.45, 2.75) is 0 Å². The molecule has 76 valence electrons. The standard InChI is InChI=1S/C11H14O3/c1-3-13-10-5-4-6-11(9-10)14-8-7-12-2/h1,4-6,9H,3,7-8H2,2H3. The van der Waals surface area contributed by atoms with Gasteiger partial charge in [-0.1, -0.05) is 6.07 Å². The van der Waals surface area contributed by atoms with Crippen LogP contribution in [0.3, 0.4) is 0 Å². The van der Waals surface area contributed by atoms with Crippen LogP contribution in [0.2, 0.25) is 0 Å². The molecule has 0 saturated carbocycles. The minimum absolute atomic E-state index is 0.168. The van der Waals surface area contributed by atoms with Gasteiger partial charge < -0.3 is 14.2 Å². The lowest BCUT2D eigenvalue weighted by Gasteiger charge is -2.07. The second kappa shape index (κ2) is 6.27. The average Bonchev–Trinajstić information content (AvgIpc) is 2.19. The second-order valence-corrected chi connectivity index (χ2v) is 2.63. The summed E-state index contributed by atoms with van der Waals surface area (Å²) in [6, 6.07) is 7.34. The van der Waals surface area contributed by atoms with Gasteiger partial charge in [0.1, 0.15) is 18.1 Å². The van der Waals surface area contributed by atoms with E-state index in [4.69, 9.17) is 21.1 Å². The van der Waals surface area contributed by atoms with E-state index in [0.717, 1.165) is 5.75 Å². The Kier molecular flexibility index (Phi) is 4.86. The van der Waals surface area contributed by atoms with Crippen LogP contribution in [0.15, 0.2) is 24.3 Å². The fourth-order valence-electron chi connectivity index (χ4n) is 0.993. The second-order valence-electron chi connectivity index (χ2n) is 2.63. The van der Waals surface area contributed by atoms with Gasteiger partial charge in [-0.25, -0.2) is 0 Å². The average molecular weight is 194 g/mol. The number of hydrogen-bond donors (Lipinski definition) is 0. The molecule has 0 spiro atoms. The summed E-state index contributed by atoms with van der Waals surface area (Å²) < 4.78 is 15.4. The fraction of sp³-hybridized carbons (Fsp3) is 0.364. The van der Waals surface area contributed by atoms with Crippen LogP contribution in [-0.4, -0.2) is 26.9 Å². The summed E-state index contributed by atoms with van der Waals surface area (Å²) in [4.78, 5) is 0. The summed E-state index contributed by atoms with van der Waals surface area (Å²) in [5, 5.41) is 0. The molecule has 3 heteroatoms. The maximum Gasteiger partial charge on any atom is 0.123 e. The smallest absolute Gasteiger partial charge is 0.123 e. The van der Waals surface area contributed by atoms with Crippen LogP contribution in [0, 0.1) is 6.92 Å². The lowest BCUT2D eigenvalue weighted by molar-refractivity contribution is 0.146. The summed E-state index contributed by atoms with van der Waals surface area (Å²) in [5.74, 6) is 1.47. The molecule has 0 aliphatic carbocycles. The highest BCUT2D eigenvalue weighted by Gasteiger charge is 1.96. The number of benzene rings is 1. The van der Waals surface area contributed by atoms with Gasteiger partial charge in [-0.15, -0.1) is 0 Å².